The molecule has 1 N–H and O–H groups in total. The van der Waals surface area contributed by atoms with Gasteiger partial charge in [-0.05, 0) is 68.9 Å². The number of carboxylic acid groups (broad SMARTS) is 1. The number of hydrogen-bond donors (Lipinski definition) is 1. The number of fused-ring (bicyclic) bond motifs is 9. The molecule has 3 heterocycles. The number of para-hydroxylation sites is 2. The summed E-state index contributed by atoms with van der Waals surface area (Å²) in [4.78, 5) is 32.2. The molecule has 5 fully saturated rings. The van der Waals surface area contributed by atoms with Gasteiger partial charge in [0.15, 0.2) is 0 Å². The van der Waals surface area contributed by atoms with E-state index in [-0.39, 0.29) is 11.7 Å². The lowest BCUT2D eigenvalue weighted by molar-refractivity contribution is -0.0360. The zero-order chi connectivity index (χ0) is 22.5. The van der Waals surface area contributed by atoms with Crippen LogP contribution in [0.1, 0.15) is 93.6 Å². The van der Waals surface area contributed by atoms with Gasteiger partial charge < -0.3 is 9.67 Å². The molecule has 33 heavy (non-hydrogen) atoms. The SMILES string of the molecule is O=C(O)c1nc2ccccc2n(C2CC3CCCC(C2)N3[C@@H]2CCC3CCC(CC3)C2)c1=O. The van der Waals surface area contributed by atoms with E-state index in [1.165, 1.54) is 64.2 Å². The highest BCUT2D eigenvalue weighted by atomic mass is 16.4. The monoisotopic (exact) mass is 449 g/mol. The minimum atomic E-state index is -1.23. The van der Waals surface area contributed by atoms with Crippen molar-refractivity contribution in [2.24, 2.45) is 11.8 Å². The minimum Gasteiger partial charge on any atom is -0.476 e. The number of aromatic carboxylic acids is 1. The molecule has 3 saturated carbocycles. The third kappa shape index (κ3) is 3.80. The maximum absolute atomic E-state index is 13.3. The van der Waals surface area contributed by atoms with Crippen LogP contribution in [0.2, 0.25) is 0 Å². The van der Waals surface area contributed by atoms with Crippen molar-refractivity contribution < 1.29 is 9.90 Å². The summed E-state index contributed by atoms with van der Waals surface area (Å²) in [6, 6.07) is 9.24. The van der Waals surface area contributed by atoms with E-state index in [2.05, 4.69) is 9.88 Å². The predicted molar refractivity (Wildman–Crippen MR) is 128 cm³/mol. The third-order valence-electron chi connectivity index (χ3n) is 9.27. The number of nitrogens with zero attached hydrogens (tertiary/aromatic N) is 3. The Balaban J connectivity index is 1.33. The molecule has 2 aliphatic heterocycles. The Morgan fingerprint density at radius 2 is 1.45 bits per heavy atom. The number of carboxylic acids is 1. The lowest BCUT2D eigenvalue weighted by Crippen LogP contribution is -2.58. The Morgan fingerprint density at radius 3 is 2.18 bits per heavy atom. The zero-order valence-corrected chi connectivity index (χ0v) is 19.4. The van der Waals surface area contributed by atoms with Gasteiger partial charge in [0.25, 0.3) is 5.56 Å². The lowest BCUT2D eigenvalue weighted by atomic mass is 9.71. The number of hydrogen-bond acceptors (Lipinski definition) is 4. The van der Waals surface area contributed by atoms with Crippen LogP contribution in [-0.2, 0) is 0 Å². The van der Waals surface area contributed by atoms with Gasteiger partial charge in [-0.2, -0.15) is 0 Å². The molecule has 5 aliphatic rings. The van der Waals surface area contributed by atoms with Gasteiger partial charge >= 0.3 is 5.97 Å². The normalized spacial score (nSPS) is 34.7. The second-order valence-electron chi connectivity index (χ2n) is 11.1. The summed E-state index contributed by atoms with van der Waals surface area (Å²) in [6.07, 6.45) is 15.3. The lowest BCUT2D eigenvalue weighted by Gasteiger charge is -2.54. The van der Waals surface area contributed by atoms with Crippen LogP contribution in [0.4, 0.5) is 0 Å². The molecular weight excluding hydrogens is 414 g/mol. The topological polar surface area (TPSA) is 75.4 Å². The summed E-state index contributed by atoms with van der Waals surface area (Å²) in [6.45, 7) is 0. The molecular formula is C27H35N3O3. The van der Waals surface area contributed by atoms with Crippen molar-refractivity contribution >= 4 is 17.0 Å². The maximum atomic E-state index is 13.3. The highest BCUT2D eigenvalue weighted by molar-refractivity contribution is 5.88. The Labute approximate surface area is 195 Å². The number of piperidine rings is 2. The molecule has 1 aromatic heterocycles. The fourth-order valence-electron chi connectivity index (χ4n) is 7.81. The van der Waals surface area contributed by atoms with Crippen molar-refractivity contribution in [2.75, 3.05) is 0 Å². The standard InChI is InChI=1S/C27H35N3O3/c31-26-25(27(32)33)28-23-6-1-2-7-24(23)30(26)22-15-19-4-3-5-20(16-22)29(19)21-13-12-17-8-10-18(14-21)11-9-17/h1-2,6-7,17-22H,3-5,8-16H2,(H,32,33)/t17?,18?,19?,20?,21-,22?/m1/s1. The number of benzene rings is 1. The summed E-state index contributed by atoms with van der Waals surface area (Å²) in [7, 11) is 0. The van der Waals surface area contributed by atoms with E-state index in [0.29, 0.717) is 23.6 Å². The van der Waals surface area contributed by atoms with Crippen LogP contribution in [0.5, 0.6) is 0 Å². The largest absolute Gasteiger partial charge is 0.476 e. The van der Waals surface area contributed by atoms with Crippen LogP contribution >= 0.6 is 0 Å². The Kier molecular flexibility index (Phi) is 5.52. The van der Waals surface area contributed by atoms with Gasteiger partial charge in [-0.1, -0.05) is 44.2 Å². The molecule has 2 saturated heterocycles. The molecule has 3 atom stereocenters. The minimum absolute atomic E-state index is 0.0417. The molecule has 0 amide bonds. The highest BCUT2D eigenvalue weighted by Crippen LogP contribution is 2.45. The van der Waals surface area contributed by atoms with Gasteiger partial charge in [-0.15, -0.1) is 0 Å². The van der Waals surface area contributed by atoms with Crippen molar-refractivity contribution in [3.05, 3.63) is 40.3 Å². The van der Waals surface area contributed by atoms with Gasteiger partial charge in [-0.3, -0.25) is 9.69 Å². The van der Waals surface area contributed by atoms with Crippen LogP contribution in [-0.4, -0.2) is 43.7 Å². The van der Waals surface area contributed by atoms with E-state index >= 15 is 0 Å². The summed E-state index contributed by atoms with van der Waals surface area (Å²) in [5.74, 6) is 0.606. The summed E-state index contributed by atoms with van der Waals surface area (Å²) in [5.41, 5.74) is 0.573. The molecule has 2 unspecified atom stereocenters. The van der Waals surface area contributed by atoms with E-state index in [4.69, 9.17) is 0 Å². The molecule has 7 rings (SSSR count). The second kappa shape index (κ2) is 8.53. The first-order chi connectivity index (χ1) is 16.1. The fraction of sp³-hybridized carbons (Fsp3) is 0.667. The van der Waals surface area contributed by atoms with Gasteiger partial charge in [0.05, 0.1) is 11.0 Å². The van der Waals surface area contributed by atoms with Gasteiger partial charge in [0.1, 0.15) is 0 Å². The zero-order valence-electron chi connectivity index (χ0n) is 19.4. The Hall–Kier alpha value is -2.21. The van der Waals surface area contributed by atoms with Crippen molar-refractivity contribution in [3.63, 3.8) is 0 Å². The number of carbonyl (C=O) groups is 1. The molecule has 1 aromatic carbocycles. The van der Waals surface area contributed by atoms with E-state index in [9.17, 15) is 14.7 Å². The van der Waals surface area contributed by atoms with Crippen molar-refractivity contribution in [3.8, 4) is 0 Å². The fourth-order valence-corrected chi connectivity index (χ4v) is 7.81. The second-order valence-corrected chi connectivity index (χ2v) is 11.1. The molecule has 0 radical (unpaired) electrons. The van der Waals surface area contributed by atoms with E-state index in [1.54, 1.807) is 4.57 Å². The predicted octanol–water partition coefficient (Wildman–Crippen LogP) is 5.01. The van der Waals surface area contributed by atoms with Crippen molar-refractivity contribution in [1.29, 1.82) is 0 Å². The van der Waals surface area contributed by atoms with Crippen LogP contribution in [0.25, 0.3) is 11.0 Å². The molecule has 2 aromatic rings. The molecule has 6 heteroatoms. The average Bonchev–Trinajstić information content (AvgIpc) is 2.78. The van der Waals surface area contributed by atoms with Crippen LogP contribution in [0, 0.1) is 11.8 Å². The van der Waals surface area contributed by atoms with Crippen LogP contribution in [0.15, 0.2) is 29.1 Å². The van der Waals surface area contributed by atoms with E-state index in [0.717, 1.165) is 30.2 Å². The third-order valence-corrected chi connectivity index (χ3v) is 9.27. The van der Waals surface area contributed by atoms with Crippen LogP contribution < -0.4 is 5.56 Å². The first kappa shape index (κ1) is 21.3. The summed E-state index contributed by atoms with van der Waals surface area (Å²) >= 11 is 0. The van der Waals surface area contributed by atoms with Gasteiger partial charge in [0, 0.05) is 24.2 Å². The van der Waals surface area contributed by atoms with Crippen LogP contribution in [0.3, 0.4) is 0 Å². The highest BCUT2D eigenvalue weighted by Gasteiger charge is 2.44. The number of aromatic nitrogens is 2. The average molecular weight is 450 g/mol. The van der Waals surface area contributed by atoms with E-state index in [1.807, 2.05) is 24.3 Å². The molecule has 4 bridgehead atoms. The van der Waals surface area contributed by atoms with Crippen molar-refractivity contribution in [1.82, 2.24) is 14.5 Å². The van der Waals surface area contributed by atoms with Gasteiger partial charge in [-0.25, -0.2) is 9.78 Å². The Morgan fingerprint density at radius 1 is 0.818 bits per heavy atom. The smallest absolute Gasteiger partial charge is 0.360 e. The summed E-state index contributed by atoms with van der Waals surface area (Å²) < 4.78 is 1.79. The first-order valence-corrected chi connectivity index (χ1v) is 13.1. The summed E-state index contributed by atoms with van der Waals surface area (Å²) in [5, 5.41) is 9.64. The molecule has 0 spiro atoms. The number of rotatable bonds is 3. The van der Waals surface area contributed by atoms with Gasteiger partial charge in [0.2, 0.25) is 5.69 Å². The first-order valence-electron chi connectivity index (χ1n) is 13.1. The Bertz CT molecular complexity index is 1090. The maximum Gasteiger partial charge on any atom is 0.360 e. The van der Waals surface area contributed by atoms with Crippen molar-refractivity contribution in [2.45, 2.75) is 101 Å². The molecule has 176 valence electrons. The quantitative estimate of drug-likeness (QED) is 0.713. The molecule has 3 aliphatic carbocycles. The van der Waals surface area contributed by atoms with E-state index < -0.39 is 11.5 Å². The molecule has 6 nitrogen and oxygen atoms in total.